The summed E-state index contributed by atoms with van der Waals surface area (Å²) in [4.78, 5) is 24.9. The van der Waals surface area contributed by atoms with E-state index in [4.69, 9.17) is 4.74 Å². The van der Waals surface area contributed by atoms with Crippen molar-refractivity contribution in [1.29, 1.82) is 0 Å². The van der Waals surface area contributed by atoms with Gasteiger partial charge in [0.25, 0.3) is 0 Å². The number of aromatic amines is 1. The number of carbonyl (C=O) groups excluding carboxylic acids is 1. The molecular formula is C21H30N4O2. The van der Waals surface area contributed by atoms with E-state index in [0.29, 0.717) is 5.92 Å². The number of hydrogen-bond acceptors (Lipinski definition) is 4. The number of H-pyrrole nitrogens is 1. The summed E-state index contributed by atoms with van der Waals surface area (Å²) >= 11 is 0. The van der Waals surface area contributed by atoms with Crippen molar-refractivity contribution in [3.05, 3.63) is 30.1 Å². The zero-order valence-electron chi connectivity index (χ0n) is 16.2. The maximum absolute atomic E-state index is 12.5. The fourth-order valence-electron chi connectivity index (χ4n) is 4.19. The Hall–Kier alpha value is -1.92. The average Bonchev–Trinajstić information content (AvgIpc) is 3.10. The second-order valence-corrected chi connectivity index (χ2v) is 8.04. The summed E-state index contributed by atoms with van der Waals surface area (Å²) in [6.07, 6.45) is 5.35. The highest BCUT2D eigenvalue weighted by Crippen LogP contribution is 2.22. The van der Waals surface area contributed by atoms with Crippen LogP contribution in [0.15, 0.2) is 24.3 Å². The van der Waals surface area contributed by atoms with Crippen LogP contribution >= 0.6 is 0 Å². The van der Waals surface area contributed by atoms with E-state index >= 15 is 0 Å². The Bertz CT molecular complexity index is 725. The summed E-state index contributed by atoms with van der Waals surface area (Å²) in [6, 6.07) is 8.16. The van der Waals surface area contributed by atoms with Gasteiger partial charge < -0.3 is 19.5 Å². The molecule has 0 bridgehead atoms. The second-order valence-electron chi connectivity index (χ2n) is 8.04. The molecular weight excluding hydrogens is 340 g/mol. The number of nitrogens with zero attached hydrogens (tertiary/aromatic N) is 3. The average molecular weight is 370 g/mol. The molecule has 0 radical (unpaired) electrons. The predicted molar refractivity (Wildman–Crippen MR) is 106 cm³/mol. The zero-order chi connectivity index (χ0) is 18.6. The van der Waals surface area contributed by atoms with Crippen LogP contribution < -0.4 is 0 Å². The first-order valence-electron chi connectivity index (χ1n) is 10.2. The molecule has 2 saturated heterocycles. The van der Waals surface area contributed by atoms with E-state index in [2.05, 4.69) is 28.0 Å². The van der Waals surface area contributed by atoms with E-state index in [1.165, 1.54) is 0 Å². The van der Waals surface area contributed by atoms with E-state index < -0.39 is 0 Å². The lowest BCUT2D eigenvalue weighted by atomic mass is 9.93. The van der Waals surface area contributed by atoms with Crippen molar-refractivity contribution in [2.45, 2.75) is 38.2 Å². The number of likely N-dealkylation sites (tertiary alicyclic amines) is 2. The molecule has 6 heteroatoms. The van der Waals surface area contributed by atoms with E-state index in [1.54, 1.807) is 0 Å². The molecule has 1 amide bonds. The Morgan fingerprint density at radius 3 is 2.63 bits per heavy atom. The van der Waals surface area contributed by atoms with Crippen LogP contribution in [0.5, 0.6) is 0 Å². The maximum atomic E-state index is 12.5. The number of piperidine rings is 2. The van der Waals surface area contributed by atoms with Gasteiger partial charge in [-0.15, -0.1) is 0 Å². The van der Waals surface area contributed by atoms with Crippen LogP contribution in [0.3, 0.4) is 0 Å². The number of hydrogen-bond donors (Lipinski definition) is 1. The molecule has 0 aliphatic carbocycles. The van der Waals surface area contributed by atoms with Crippen LogP contribution in [-0.2, 0) is 16.0 Å². The highest BCUT2D eigenvalue weighted by molar-refractivity contribution is 5.77. The third kappa shape index (κ3) is 4.68. The highest BCUT2D eigenvalue weighted by Gasteiger charge is 2.25. The molecule has 3 heterocycles. The molecule has 2 aliphatic rings. The number of imidazole rings is 1. The first-order valence-corrected chi connectivity index (χ1v) is 10.2. The van der Waals surface area contributed by atoms with Gasteiger partial charge in [0, 0.05) is 32.6 Å². The van der Waals surface area contributed by atoms with E-state index in [-0.39, 0.29) is 18.6 Å². The largest absolute Gasteiger partial charge is 0.368 e. The highest BCUT2D eigenvalue weighted by atomic mass is 16.5. The van der Waals surface area contributed by atoms with Gasteiger partial charge in [-0.1, -0.05) is 12.1 Å². The molecule has 0 saturated carbocycles. The minimum absolute atomic E-state index is 0.149. The van der Waals surface area contributed by atoms with Crippen LogP contribution in [0.1, 0.15) is 31.5 Å². The number of nitrogens with one attached hydrogen (secondary N) is 1. The summed E-state index contributed by atoms with van der Waals surface area (Å²) in [7, 11) is 2.14. The Morgan fingerprint density at radius 1 is 1.15 bits per heavy atom. The van der Waals surface area contributed by atoms with Crippen LogP contribution in [0, 0.1) is 5.92 Å². The number of rotatable bonds is 5. The molecule has 27 heavy (non-hydrogen) atoms. The molecule has 1 N–H and O–H groups in total. The van der Waals surface area contributed by atoms with Crippen molar-refractivity contribution in [1.82, 2.24) is 19.8 Å². The van der Waals surface area contributed by atoms with E-state index in [9.17, 15) is 4.79 Å². The van der Waals surface area contributed by atoms with Crippen molar-refractivity contribution < 1.29 is 9.53 Å². The monoisotopic (exact) mass is 370 g/mol. The predicted octanol–water partition coefficient (Wildman–Crippen LogP) is 2.45. The van der Waals surface area contributed by atoms with E-state index in [0.717, 1.165) is 75.1 Å². The Kier molecular flexibility index (Phi) is 5.74. The molecule has 2 aliphatic heterocycles. The standard InChI is InChI=1S/C21H30N4O2/c1-24-10-8-17(9-11-24)27-15-21(26)25-12-6-16(7-13-25)14-20-22-18-4-2-3-5-19(18)23-20/h2-5,16-17H,6-15H2,1H3,(H,22,23). The van der Waals surface area contributed by atoms with Crippen molar-refractivity contribution >= 4 is 16.9 Å². The number of ether oxygens (including phenoxy) is 1. The number of aromatic nitrogens is 2. The number of benzene rings is 1. The number of fused-ring (bicyclic) bond motifs is 1. The minimum Gasteiger partial charge on any atom is -0.368 e. The molecule has 2 aromatic rings. The third-order valence-corrected chi connectivity index (χ3v) is 6.00. The molecule has 1 aromatic carbocycles. The van der Waals surface area contributed by atoms with Gasteiger partial charge >= 0.3 is 0 Å². The van der Waals surface area contributed by atoms with E-state index in [1.807, 2.05) is 23.1 Å². The van der Waals surface area contributed by atoms with Crippen LogP contribution in [0.2, 0.25) is 0 Å². The van der Waals surface area contributed by atoms with Crippen molar-refractivity contribution in [3.8, 4) is 0 Å². The summed E-state index contributed by atoms with van der Waals surface area (Å²) in [6.45, 7) is 4.03. The molecule has 2 fully saturated rings. The number of amides is 1. The fraction of sp³-hybridized carbons (Fsp3) is 0.619. The van der Waals surface area contributed by atoms with Gasteiger partial charge in [-0.05, 0) is 50.8 Å². The topological polar surface area (TPSA) is 61.5 Å². The lowest BCUT2D eigenvalue weighted by Crippen LogP contribution is -2.42. The Morgan fingerprint density at radius 2 is 1.89 bits per heavy atom. The summed E-state index contributed by atoms with van der Waals surface area (Å²) in [5.41, 5.74) is 2.14. The first-order chi connectivity index (χ1) is 13.2. The summed E-state index contributed by atoms with van der Waals surface area (Å²) < 4.78 is 5.87. The van der Waals surface area contributed by atoms with Gasteiger partial charge in [0.2, 0.25) is 5.91 Å². The van der Waals surface area contributed by atoms with Gasteiger partial charge in [0.05, 0.1) is 17.1 Å². The normalized spacial score (nSPS) is 20.4. The Balaban J connectivity index is 1.20. The van der Waals surface area contributed by atoms with Gasteiger partial charge in [-0.25, -0.2) is 4.98 Å². The third-order valence-electron chi connectivity index (χ3n) is 6.00. The van der Waals surface area contributed by atoms with Crippen molar-refractivity contribution in [2.75, 3.05) is 39.8 Å². The maximum Gasteiger partial charge on any atom is 0.248 e. The summed E-state index contributed by atoms with van der Waals surface area (Å²) in [5, 5.41) is 0. The van der Waals surface area contributed by atoms with Crippen molar-refractivity contribution in [3.63, 3.8) is 0 Å². The number of carbonyl (C=O) groups is 1. The lowest BCUT2D eigenvalue weighted by Gasteiger charge is -2.33. The Labute approximate surface area is 160 Å². The molecule has 0 atom stereocenters. The smallest absolute Gasteiger partial charge is 0.248 e. The quantitative estimate of drug-likeness (QED) is 0.878. The van der Waals surface area contributed by atoms with Crippen LogP contribution in [-0.4, -0.2) is 71.6 Å². The number of para-hydroxylation sites is 2. The first kappa shape index (κ1) is 18.4. The zero-order valence-corrected chi connectivity index (χ0v) is 16.2. The van der Waals surface area contributed by atoms with Gasteiger partial charge in [-0.3, -0.25) is 4.79 Å². The molecule has 4 rings (SSSR count). The molecule has 146 valence electrons. The SMILES string of the molecule is CN1CCC(OCC(=O)N2CCC(Cc3nc4ccccc4[nH]3)CC2)CC1. The molecule has 0 spiro atoms. The molecule has 0 unspecified atom stereocenters. The lowest BCUT2D eigenvalue weighted by molar-refractivity contribution is -0.140. The van der Waals surface area contributed by atoms with Crippen molar-refractivity contribution in [2.24, 2.45) is 5.92 Å². The van der Waals surface area contributed by atoms with Crippen LogP contribution in [0.4, 0.5) is 0 Å². The molecule has 6 nitrogen and oxygen atoms in total. The summed E-state index contributed by atoms with van der Waals surface area (Å²) in [5.74, 6) is 1.80. The van der Waals surface area contributed by atoms with Gasteiger partial charge in [0.1, 0.15) is 12.4 Å². The second kappa shape index (κ2) is 8.40. The molecule has 1 aromatic heterocycles. The fourth-order valence-corrected chi connectivity index (χ4v) is 4.19. The van der Waals surface area contributed by atoms with Gasteiger partial charge in [0.15, 0.2) is 0 Å². The van der Waals surface area contributed by atoms with Gasteiger partial charge in [-0.2, -0.15) is 0 Å². The minimum atomic E-state index is 0.149. The van der Waals surface area contributed by atoms with Crippen LogP contribution in [0.25, 0.3) is 11.0 Å².